The zero-order valence-corrected chi connectivity index (χ0v) is 15.5. The summed E-state index contributed by atoms with van der Waals surface area (Å²) in [5, 5.41) is 24.4. The van der Waals surface area contributed by atoms with Gasteiger partial charge in [-0.05, 0) is 61.7 Å². The van der Waals surface area contributed by atoms with Crippen LogP contribution in [-0.2, 0) is 4.79 Å². The van der Waals surface area contributed by atoms with E-state index in [4.69, 9.17) is 20.4 Å². The minimum atomic E-state index is -1.03. The van der Waals surface area contributed by atoms with Crippen molar-refractivity contribution in [3.05, 3.63) is 53.6 Å². The standard InChI is InChI=1S/C20H23N3O5/c1-2-27-17-11-13(5-10-16(17)28-15-8-9-15)18(20(24)25)22-14-6-3-12(4-7-14)19(21)23-26/h3-7,10-11,15,18,22,26H,2,8-9H2,1H3,(H2,21,23)(H,24,25). The van der Waals surface area contributed by atoms with Crippen molar-refractivity contribution >= 4 is 17.5 Å². The molecule has 0 bridgehead atoms. The van der Waals surface area contributed by atoms with Crippen LogP contribution in [0.1, 0.15) is 36.9 Å². The molecule has 3 rings (SSSR count). The van der Waals surface area contributed by atoms with E-state index < -0.39 is 12.0 Å². The number of amidine groups is 1. The Morgan fingerprint density at radius 3 is 2.54 bits per heavy atom. The lowest BCUT2D eigenvalue weighted by Gasteiger charge is -2.19. The lowest BCUT2D eigenvalue weighted by molar-refractivity contribution is -0.138. The Kier molecular flexibility index (Phi) is 5.88. The number of hydrogen-bond donors (Lipinski definition) is 4. The summed E-state index contributed by atoms with van der Waals surface area (Å²) >= 11 is 0. The smallest absolute Gasteiger partial charge is 0.330 e. The van der Waals surface area contributed by atoms with Crippen LogP contribution in [0, 0.1) is 0 Å². The van der Waals surface area contributed by atoms with Crippen molar-refractivity contribution in [1.29, 1.82) is 0 Å². The van der Waals surface area contributed by atoms with Gasteiger partial charge in [-0.1, -0.05) is 11.2 Å². The van der Waals surface area contributed by atoms with Gasteiger partial charge in [-0.15, -0.1) is 0 Å². The summed E-state index contributed by atoms with van der Waals surface area (Å²) in [4.78, 5) is 11.9. The molecule has 0 saturated heterocycles. The van der Waals surface area contributed by atoms with Crippen LogP contribution in [0.2, 0.25) is 0 Å². The Morgan fingerprint density at radius 1 is 1.25 bits per heavy atom. The number of oxime groups is 1. The van der Waals surface area contributed by atoms with Gasteiger partial charge < -0.3 is 30.8 Å². The van der Waals surface area contributed by atoms with E-state index in [1.54, 1.807) is 42.5 Å². The van der Waals surface area contributed by atoms with Crippen molar-refractivity contribution in [2.45, 2.75) is 31.9 Å². The van der Waals surface area contributed by atoms with E-state index in [0.717, 1.165) is 12.8 Å². The molecule has 1 saturated carbocycles. The number of anilines is 1. The second kappa shape index (κ2) is 8.51. The highest BCUT2D eigenvalue weighted by Crippen LogP contribution is 2.36. The number of ether oxygens (including phenoxy) is 2. The maximum absolute atomic E-state index is 11.9. The van der Waals surface area contributed by atoms with Crippen LogP contribution in [0.25, 0.3) is 0 Å². The Hall–Kier alpha value is -3.42. The van der Waals surface area contributed by atoms with Gasteiger partial charge in [0, 0.05) is 11.3 Å². The van der Waals surface area contributed by atoms with Gasteiger partial charge in [-0.2, -0.15) is 0 Å². The van der Waals surface area contributed by atoms with Gasteiger partial charge in [0.2, 0.25) is 0 Å². The third kappa shape index (κ3) is 4.64. The first-order valence-electron chi connectivity index (χ1n) is 9.02. The van der Waals surface area contributed by atoms with E-state index in [-0.39, 0.29) is 11.9 Å². The summed E-state index contributed by atoms with van der Waals surface area (Å²) in [5.74, 6) is 0.107. The van der Waals surface area contributed by atoms with E-state index in [1.165, 1.54) is 0 Å². The van der Waals surface area contributed by atoms with Crippen LogP contribution < -0.4 is 20.5 Å². The molecule has 2 aromatic rings. The van der Waals surface area contributed by atoms with Crippen LogP contribution in [0.5, 0.6) is 11.5 Å². The molecule has 0 spiro atoms. The SMILES string of the molecule is CCOc1cc(C(Nc2ccc(C(N)=NO)cc2)C(=O)O)ccc1OC1CC1. The van der Waals surface area contributed by atoms with Crippen molar-refractivity contribution in [3.63, 3.8) is 0 Å². The highest BCUT2D eigenvalue weighted by Gasteiger charge is 2.26. The van der Waals surface area contributed by atoms with Gasteiger partial charge in [-0.25, -0.2) is 4.79 Å². The molecule has 0 aliphatic heterocycles. The average Bonchev–Trinajstić information content (AvgIpc) is 3.51. The van der Waals surface area contributed by atoms with Crippen molar-refractivity contribution in [3.8, 4) is 11.5 Å². The molecule has 0 aromatic heterocycles. The molecule has 1 aliphatic rings. The van der Waals surface area contributed by atoms with E-state index in [9.17, 15) is 9.90 Å². The van der Waals surface area contributed by atoms with Gasteiger partial charge in [0.15, 0.2) is 23.4 Å². The molecule has 1 aliphatic carbocycles. The molecule has 1 fully saturated rings. The number of carboxylic acids is 1. The Labute approximate surface area is 162 Å². The molecule has 1 unspecified atom stereocenters. The van der Waals surface area contributed by atoms with E-state index >= 15 is 0 Å². The minimum Gasteiger partial charge on any atom is -0.490 e. The van der Waals surface area contributed by atoms with E-state index in [2.05, 4.69) is 10.5 Å². The highest BCUT2D eigenvalue weighted by molar-refractivity contribution is 5.97. The lowest BCUT2D eigenvalue weighted by atomic mass is 10.1. The molecule has 148 valence electrons. The number of benzene rings is 2. The molecule has 8 nitrogen and oxygen atoms in total. The second-order valence-corrected chi connectivity index (χ2v) is 6.43. The van der Waals surface area contributed by atoms with Crippen LogP contribution in [0.3, 0.4) is 0 Å². The van der Waals surface area contributed by atoms with Crippen molar-refractivity contribution in [2.75, 3.05) is 11.9 Å². The predicted octanol–water partition coefficient (Wildman–Crippen LogP) is 2.96. The van der Waals surface area contributed by atoms with Gasteiger partial charge in [-0.3, -0.25) is 0 Å². The summed E-state index contributed by atoms with van der Waals surface area (Å²) < 4.78 is 11.5. The molecular formula is C20H23N3O5. The Bertz CT molecular complexity index is 863. The number of rotatable bonds is 9. The highest BCUT2D eigenvalue weighted by atomic mass is 16.5. The molecule has 8 heteroatoms. The van der Waals surface area contributed by atoms with Crippen LogP contribution in [0.15, 0.2) is 47.6 Å². The monoisotopic (exact) mass is 385 g/mol. The minimum absolute atomic E-state index is 0.0195. The van der Waals surface area contributed by atoms with E-state index in [0.29, 0.717) is 34.9 Å². The number of nitrogens with zero attached hydrogens (tertiary/aromatic N) is 1. The number of carbonyl (C=O) groups is 1. The summed E-state index contributed by atoms with van der Waals surface area (Å²) in [7, 11) is 0. The van der Waals surface area contributed by atoms with Crippen LogP contribution >= 0.6 is 0 Å². The molecule has 1 atom stereocenters. The zero-order valence-electron chi connectivity index (χ0n) is 15.5. The van der Waals surface area contributed by atoms with E-state index in [1.807, 2.05) is 6.92 Å². The van der Waals surface area contributed by atoms with Crippen LogP contribution in [0.4, 0.5) is 5.69 Å². The topological polar surface area (TPSA) is 126 Å². The molecule has 5 N–H and O–H groups in total. The lowest BCUT2D eigenvalue weighted by Crippen LogP contribution is -2.21. The quantitative estimate of drug-likeness (QED) is 0.226. The summed E-state index contributed by atoms with van der Waals surface area (Å²) in [6.45, 7) is 2.31. The molecule has 28 heavy (non-hydrogen) atoms. The molecule has 2 aromatic carbocycles. The fourth-order valence-electron chi connectivity index (χ4n) is 2.68. The molecule has 0 heterocycles. The van der Waals surface area contributed by atoms with Gasteiger partial charge in [0.1, 0.15) is 0 Å². The summed E-state index contributed by atoms with van der Waals surface area (Å²) in [5.41, 5.74) is 7.19. The summed E-state index contributed by atoms with van der Waals surface area (Å²) in [6.07, 6.45) is 2.26. The van der Waals surface area contributed by atoms with Crippen molar-refractivity contribution < 1.29 is 24.6 Å². The molecule has 0 radical (unpaired) electrons. The van der Waals surface area contributed by atoms with Gasteiger partial charge >= 0.3 is 5.97 Å². The number of nitrogens with two attached hydrogens (primary N) is 1. The van der Waals surface area contributed by atoms with Gasteiger partial charge in [0.05, 0.1) is 12.7 Å². The van der Waals surface area contributed by atoms with Crippen molar-refractivity contribution in [1.82, 2.24) is 0 Å². The van der Waals surface area contributed by atoms with Crippen LogP contribution in [-0.4, -0.2) is 34.8 Å². The summed E-state index contributed by atoms with van der Waals surface area (Å²) in [6, 6.07) is 10.8. The number of nitrogens with one attached hydrogen (secondary N) is 1. The third-order valence-corrected chi connectivity index (χ3v) is 4.27. The normalized spacial score (nSPS) is 15.0. The first kappa shape index (κ1) is 19.3. The maximum Gasteiger partial charge on any atom is 0.330 e. The molecule has 0 amide bonds. The fraction of sp³-hybridized carbons (Fsp3) is 0.300. The largest absolute Gasteiger partial charge is 0.490 e. The Balaban J connectivity index is 1.83. The maximum atomic E-state index is 11.9. The van der Waals surface area contributed by atoms with Crippen molar-refractivity contribution in [2.24, 2.45) is 10.9 Å². The molecular weight excluding hydrogens is 362 g/mol. The Morgan fingerprint density at radius 2 is 1.96 bits per heavy atom. The second-order valence-electron chi connectivity index (χ2n) is 6.43. The number of aliphatic carboxylic acids is 1. The van der Waals surface area contributed by atoms with Gasteiger partial charge in [0.25, 0.3) is 0 Å². The average molecular weight is 385 g/mol. The number of hydrogen-bond acceptors (Lipinski definition) is 6. The fourth-order valence-corrected chi connectivity index (χ4v) is 2.68. The first-order chi connectivity index (χ1) is 13.5. The zero-order chi connectivity index (χ0) is 20.1. The number of carboxylic acid groups (broad SMARTS) is 1. The predicted molar refractivity (Wildman–Crippen MR) is 104 cm³/mol. The first-order valence-corrected chi connectivity index (χ1v) is 9.02. The third-order valence-electron chi connectivity index (χ3n) is 4.27.